The Labute approximate surface area is 172 Å². The summed E-state index contributed by atoms with van der Waals surface area (Å²) < 4.78 is 19.7. The molecule has 0 atom stereocenters. The van der Waals surface area contributed by atoms with Crippen molar-refractivity contribution >= 4 is 62.7 Å². The number of aromatic nitrogens is 1. The largest absolute Gasteiger partial charge is 0.480 e. The first-order valence-corrected chi connectivity index (χ1v) is 9.12. The number of carbonyl (C=O) groups is 2. The van der Waals surface area contributed by atoms with Gasteiger partial charge < -0.3 is 10.1 Å². The van der Waals surface area contributed by atoms with Gasteiger partial charge in [0.1, 0.15) is 11.3 Å². The minimum atomic E-state index is -0.859. The number of amides is 3. The van der Waals surface area contributed by atoms with E-state index in [-0.39, 0.29) is 5.69 Å². The molecule has 1 heterocycles. The van der Waals surface area contributed by atoms with E-state index in [0.29, 0.717) is 25.2 Å². The summed E-state index contributed by atoms with van der Waals surface area (Å²) >= 11 is 8.22. The molecule has 6 nitrogen and oxygen atoms in total. The fraction of sp³-hybridized carbons (Fsp3) is 0.0556. The molecule has 0 saturated heterocycles. The Kier molecular flexibility index (Phi) is 6.07. The molecule has 138 valence electrons. The van der Waals surface area contributed by atoms with Gasteiger partial charge in [0, 0.05) is 11.6 Å². The standard InChI is InChI=1S/C18H12ClFIN3O3/c19-11-8-13(21)17(16-10(11)4-3-7-22-16)27-9-15(25)24-18(26)23-14-6-2-1-5-12(14)20/h1-8H,9H2,(H2,23,24,25,26). The minimum absolute atomic E-state index is 0.0360. The van der Waals surface area contributed by atoms with Gasteiger partial charge in [0.25, 0.3) is 5.91 Å². The topological polar surface area (TPSA) is 80.3 Å². The van der Waals surface area contributed by atoms with Gasteiger partial charge in [0.15, 0.2) is 12.4 Å². The lowest BCUT2D eigenvalue weighted by Gasteiger charge is -2.12. The summed E-state index contributed by atoms with van der Waals surface area (Å²) in [5.74, 6) is -0.913. The Morgan fingerprint density at radius 2 is 2.00 bits per heavy atom. The molecular weight excluding hydrogens is 488 g/mol. The second-order valence-electron chi connectivity index (χ2n) is 5.34. The van der Waals surface area contributed by atoms with E-state index in [1.165, 1.54) is 18.2 Å². The van der Waals surface area contributed by atoms with Gasteiger partial charge in [-0.05, 0) is 52.9 Å². The van der Waals surface area contributed by atoms with E-state index < -0.39 is 24.4 Å². The minimum Gasteiger partial charge on any atom is -0.480 e. The molecule has 3 amide bonds. The SMILES string of the molecule is O=C(COc1c(I)cc(Cl)c2cccnc12)NC(=O)Nc1ccccc1F. The number of urea groups is 1. The molecule has 0 bridgehead atoms. The zero-order chi connectivity index (χ0) is 19.4. The van der Waals surface area contributed by atoms with Crippen molar-refractivity contribution in [2.24, 2.45) is 0 Å². The summed E-state index contributed by atoms with van der Waals surface area (Å²) in [6, 6.07) is 9.99. The number of hydrogen-bond donors (Lipinski definition) is 2. The molecule has 3 rings (SSSR count). The first-order valence-electron chi connectivity index (χ1n) is 7.66. The quantitative estimate of drug-likeness (QED) is 0.523. The number of ether oxygens (including phenoxy) is 1. The number of halogens is 3. The van der Waals surface area contributed by atoms with Crippen LogP contribution in [-0.2, 0) is 4.79 Å². The average Bonchev–Trinajstić information content (AvgIpc) is 2.63. The van der Waals surface area contributed by atoms with Crippen LogP contribution >= 0.6 is 34.2 Å². The van der Waals surface area contributed by atoms with Crippen LogP contribution in [0.1, 0.15) is 0 Å². The number of imide groups is 1. The van der Waals surface area contributed by atoms with Crippen LogP contribution in [0.15, 0.2) is 48.7 Å². The zero-order valence-electron chi connectivity index (χ0n) is 13.6. The summed E-state index contributed by atoms with van der Waals surface area (Å²) in [4.78, 5) is 28.0. The molecule has 3 aromatic rings. The molecule has 0 aliphatic rings. The number of carbonyl (C=O) groups excluding carboxylic acids is 2. The van der Waals surface area contributed by atoms with Crippen molar-refractivity contribution in [2.75, 3.05) is 11.9 Å². The second-order valence-corrected chi connectivity index (χ2v) is 6.91. The fourth-order valence-electron chi connectivity index (χ4n) is 2.30. The first-order chi connectivity index (χ1) is 13.0. The van der Waals surface area contributed by atoms with E-state index >= 15 is 0 Å². The van der Waals surface area contributed by atoms with Gasteiger partial charge in [-0.15, -0.1) is 0 Å². The molecule has 1 aromatic heterocycles. The maximum atomic E-state index is 13.5. The number of nitrogens with zero attached hydrogens (tertiary/aromatic N) is 1. The van der Waals surface area contributed by atoms with Crippen LogP contribution < -0.4 is 15.4 Å². The lowest BCUT2D eigenvalue weighted by atomic mass is 10.2. The lowest BCUT2D eigenvalue weighted by molar-refractivity contribution is -0.121. The van der Waals surface area contributed by atoms with Crippen LogP contribution in [-0.4, -0.2) is 23.5 Å². The molecule has 0 fully saturated rings. The van der Waals surface area contributed by atoms with Crippen molar-refractivity contribution in [3.63, 3.8) is 0 Å². The molecule has 0 radical (unpaired) electrons. The number of rotatable bonds is 4. The average molecular weight is 500 g/mol. The van der Waals surface area contributed by atoms with E-state index in [2.05, 4.69) is 15.6 Å². The van der Waals surface area contributed by atoms with Crippen LogP contribution in [0, 0.1) is 9.39 Å². The van der Waals surface area contributed by atoms with Crippen molar-refractivity contribution in [2.45, 2.75) is 0 Å². The van der Waals surface area contributed by atoms with E-state index in [0.717, 1.165) is 0 Å². The molecule has 0 saturated carbocycles. The molecule has 0 aliphatic carbocycles. The van der Waals surface area contributed by atoms with Crippen molar-refractivity contribution in [3.05, 3.63) is 63.1 Å². The Morgan fingerprint density at radius 3 is 2.78 bits per heavy atom. The number of para-hydroxylation sites is 1. The van der Waals surface area contributed by atoms with E-state index in [1.54, 1.807) is 30.5 Å². The van der Waals surface area contributed by atoms with E-state index in [4.69, 9.17) is 16.3 Å². The third kappa shape index (κ3) is 4.64. The van der Waals surface area contributed by atoms with Crippen LogP contribution in [0.4, 0.5) is 14.9 Å². The predicted molar refractivity (Wildman–Crippen MR) is 109 cm³/mol. The highest BCUT2D eigenvalue weighted by atomic mass is 127. The highest BCUT2D eigenvalue weighted by Crippen LogP contribution is 2.34. The number of fused-ring (bicyclic) bond motifs is 1. The van der Waals surface area contributed by atoms with Crippen molar-refractivity contribution in [1.82, 2.24) is 10.3 Å². The van der Waals surface area contributed by atoms with Crippen molar-refractivity contribution < 1.29 is 18.7 Å². The Morgan fingerprint density at radius 1 is 1.22 bits per heavy atom. The Balaban J connectivity index is 1.65. The number of hydrogen-bond acceptors (Lipinski definition) is 4. The maximum absolute atomic E-state index is 13.5. The van der Waals surface area contributed by atoms with Crippen LogP contribution in [0.3, 0.4) is 0 Å². The number of anilines is 1. The van der Waals surface area contributed by atoms with E-state index in [9.17, 15) is 14.0 Å². The molecule has 2 aromatic carbocycles. The number of nitrogens with one attached hydrogen (secondary N) is 2. The molecule has 2 N–H and O–H groups in total. The summed E-state index contributed by atoms with van der Waals surface area (Å²) in [6.07, 6.45) is 1.59. The van der Waals surface area contributed by atoms with Gasteiger partial charge in [-0.2, -0.15) is 0 Å². The van der Waals surface area contributed by atoms with Crippen LogP contribution in [0.25, 0.3) is 10.9 Å². The predicted octanol–water partition coefficient (Wildman–Crippen LogP) is 4.36. The fourth-order valence-corrected chi connectivity index (χ4v) is 3.47. The molecule has 27 heavy (non-hydrogen) atoms. The monoisotopic (exact) mass is 499 g/mol. The van der Waals surface area contributed by atoms with Crippen molar-refractivity contribution in [3.8, 4) is 5.75 Å². The van der Waals surface area contributed by atoms with Gasteiger partial charge in [-0.3, -0.25) is 15.1 Å². The molecular formula is C18H12ClFIN3O3. The van der Waals surface area contributed by atoms with E-state index in [1.807, 2.05) is 22.6 Å². The van der Waals surface area contributed by atoms with Crippen LogP contribution in [0.5, 0.6) is 5.75 Å². The van der Waals surface area contributed by atoms with Gasteiger partial charge in [0.05, 0.1) is 14.3 Å². The molecule has 0 aliphatic heterocycles. The van der Waals surface area contributed by atoms with Crippen molar-refractivity contribution in [1.29, 1.82) is 0 Å². The summed E-state index contributed by atoms with van der Waals surface area (Å²) in [6.45, 7) is -0.423. The molecule has 0 spiro atoms. The summed E-state index contributed by atoms with van der Waals surface area (Å²) in [5, 5.41) is 5.53. The number of benzene rings is 2. The summed E-state index contributed by atoms with van der Waals surface area (Å²) in [7, 11) is 0. The van der Waals surface area contributed by atoms with Gasteiger partial charge in [-0.1, -0.05) is 23.7 Å². The maximum Gasteiger partial charge on any atom is 0.326 e. The van der Waals surface area contributed by atoms with Gasteiger partial charge in [-0.25, -0.2) is 9.18 Å². The number of pyridine rings is 1. The normalized spacial score (nSPS) is 10.5. The van der Waals surface area contributed by atoms with Crippen LogP contribution in [0.2, 0.25) is 5.02 Å². The Bertz CT molecular complexity index is 1030. The highest BCUT2D eigenvalue weighted by molar-refractivity contribution is 14.1. The smallest absolute Gasteiger partial charge is 0.326 e. The second kappa shape index (κ2) is 8.49. The third-order valence-corrected chi connectivity index (χ3v) is 4.59. The summed E-state index contributed by atoms with van der Waals surface area (Å²) in [5.41, 5.74) is 0.476. The first kappa shape index (κ1) is 19.3. The molecule has 9 heteroatoms. The lowest BCUT2D eigenvalue weighted by Crippen LogP contribution is -2.37. The Hall–Kier alpha value is -2.46. The zero-order valence-corrected chi connectivity index (χ0v) is 16.5. The highest BCUT2D eigenvalue weighted by Gasteiger charge is 2.15. The third-order valence-electron chi connectivity index (χ3n) is 3.47. The van der Waals surface area contributed by atoms with Gasteiger partial charge >= 0.3 is 6.03 Å². The molecule has 0 unspecified atom stereocenters. The van der Waals surface area contributed by atoms with Gasteiger partial charge in [0.2, 0.25) is 0 Å².